The molecule has 0 saturated heterocycles. The van der Waals surface area contributed by atoms with Crippen molar-refractivity contribution < 1.29 is 17.6 Å². The number of carbonyl (C=O) groups excluding carboxylic acids is 1. The molecule has 0 spiro atoms. The molecular formula is C22H20BrFN2O3S. The number of amides is 1. The summed E-state index contributed by atoms with van der Waals surface area (Å²) in [6.45, 7) is 0.206. The highest BCUT2D eigenvalue weighted by Crippen LogP contribution is 2.20. The first-order valence-corrected chi connectivity index (χ1v) is 11.5. The van der Waals surface area contributed by atoms with Crippen molar-refractivity contribution in [2.45, 2.75) is 24.3 Å². The van der Waals surface area contributed by atoms with Crippen molar-refractivity contribution >= 4 is 37.5 Å². The Morgan fingerprint density at radius 3 is 2.30 bits per heavy atom. The zero-order valence-corrected chi connectivity index (χ0v) is 18.3. The molecule has 0 bridgehead atoms. The summed E-state index contributed by atoms with van der Waals surface area (Å²) in [7, 11) is -3.63. The molecule has 0 radical (unpaired) electrons. The van der Waals surface area contributed by atoms with E-state index in [4.69, 9.17) is 0 Å². The van der Waals surface area contributed by atoms with Gasteiger partial charge in [-0.1, -0.05) is 58.4 Å². The van der Waals surface area contributed by atoms with E-state index in [-0.39, 0.29) is 29.5 Å². The van der Waals surface area contributed by atoms with Gasteiger partial charge in [-0.05, 0) is 47.9 Å². The number of sulfonamides is 1. The number of aryl methyl sites for hydroxylation is 1. The van der Waals surface area contributed by atoms with Gasteiger partial charge in [0.2, 0.25) is 15.9 Å². The van der Waals surface area contributed by atoms with Crippen LogP contribution in [0.4, 0.5) is 10.1 Å². The second kappa shape index (κ2) is 9.97. The van der Waals surface area contributed by atoms with Gasteiger partial charge in [0.1, 0.15) is 5.82 Å². The van der Waals surface area contributed by atoms with Crippen molar-refractivity contribution in [1.82, 2.24) is 4.72 Å². The molecule has 156 valence electrons. The molecule has 0 fully saturated rings. The van der Waals surface area contributed by atoms with Crippen molar-refractivity contribution in [1.29, 1.82) is 0 Å². The third kappa shape index (κ3) is 6.22. The highest BCUT2D eigenvalue weighted by Gasteiger charge is 2.14. The van der Waals surface area contributed by atoms with E-state index in [1.54, 1.807) is 18.2 Å². The van der Waals surface area contributed by atoms with E-state index in [1.807, 2.05) is 30.3 Å². The topological polar surface area (TPSA) is 75.3 Å². The molecule has 0 heterocycles. The quantitative estimate of drug-likeness (QED) is 0.482. The predicted octanol–water partition coefficient (Wildman–Crippen LogP) is 4.64. The van der Waals surface area contributed by atoms with Crippen LogP contribution < -0.4 is 10.0 Å². The fourth-order valence-corrected chi connectivity index (χ4v) is 4.11. The highest BCUT2D eigenvalue weighted by molar-refractivity contribution is 9.10. The van der Waals surface area contributed by atoms with Gasteiger partial charge in [0.15, 0.2) is 0 Å². The molecule has 2 N–H and O–H groups in total. The van der Waals surface area contributed by atoms with Gasteiger partial charge in [-0.15, -0.1) is 0 Å². The molecule has 8 heteroatoms. The molecule has 5 nitrogen and oxygen atoms in total. The number of benzene rings is 3. The number of hydrogen-bond donors (Lipinski definition) is 2. The van der Waals surface area contributed by atoms with Crippen LogP contribution in [0.2, 0.25) is 0 Å². The summed E-state index contributed by atoms with van der Waals surface area (Å²) in [4.78, 5) is 12.2. The van der Waals surface area contributed by atoms with E-state index < -0.39 is 15.8 Å². The molecule has 0 aliphatic heterocycles. The summed E-state index contributed by atoms with van der Waals surface area (Å²) in [6.07, 6.45) is 0.551. The summed E-state index contributed by atoms with van der Waals surface area (Å²) in [5.74, 6) is -0.840. The van der Waals surface area contributed by atoms with Gasteiger partial charge in [-0.2, -0.15) is 0 Å². The Hall–Kier alpha value is -2.55. The first-order valence-electron chi connectivity index (χ1n) is 9.21. The van der Waals surface area contributed by atoms with Crippen LogP contribution in [-0.4, -0.2) is 14.3 Å². The fourth-order valence-electron chi connectivity index (χ4n) is 2.75. The highest BCUT2D eigenvalue weighted by atomic mass is 79.9. The molecule has 0 atom stereocenters. The zero-order chi connectivity index (χ0) is 21.6. The number of carbonyl (C=O) groups is 1. The summed E-state index contributed by atoms with van der Waals surface area (Å²) < 4.78 is 41.8. The largest absolute Gasteiger partial charge is 0.324 e. The molecule has 3 rings (SSSR count). The monoisotopic (exact) mass is 490 g/mol. The van der Waals surface area contributed by atoms with E-state index in [9.17, 15) is 17.6 Å². The van der Waals surface area contributed by atoms with Crippen molar-refractivity contribution in [3.63, 3.8) is 0 Å². The second-order valence-corrected chi connectivity index (χ2v) is 9.31. The minimum atomic E-state index is -3.63. The minimum absolute atomic E-state index is 0.120. The Balaban J connectivity index is 1.54. The first-order chi connectivity index (χ1) is 14.3. The van der Waals surface area contributed by atoms with Gasteiger partial charge in [0, 0.05) is 17.4 Å². The van der Waals surface area contributed by atoms with Crippen LogP contribution >= 0.6 is 15.9 Å². The Bertz CT molecular complexity index is 1120. The number of hydrogen-bond acceptors (Lipinski definition) is 3. The van der Waals surface area contributed by atoms with E-state index in [1.165, 1.54) is 24.3 Å². The second-order valence-electron chi connectivity index (χ2n) is 6.63. The van der Waals surface area contributed by atoms with Crippen molar-refractivity contribution in [2.75, 3.05) is 5.32 Å². The fraction of sp³-hybridized carbons (Fsp3) is 0.136. The predicted molar refractivity (Wildman–Crippen MR) is 118 cm³/mol. The maximum atomic E-state index is 13.8. The molecule has 0 unspecified atom stereocenters. The van der Waals surface area contributed by atoms with Crippen LogP contribution in [0.5, 0.6) is 0 Å². The Morgan fingerprint density at radius 1 is 0.933 bits per heavy atom. The van der Waals surface area contributed by atoms with Gasteiger partial charge in [0.05, 0.1) is 10.6 Å². The molecule has 30 heavy (non-hydrogen) atoms. The normalized spacial score (nSPS) is 11.3. The Kier molecular flexibility index (Phi) is 7.36. The molecule has 3 aromatic carbocycles. The van der Waals surface area contributed by atoms with E-state index in [2.05, 4.69) is 26.0 Å². The Labute approximate surface area is 183 Å². The van der Waals surface area contributed by atoms with Crippen LogP contribution in [0.15, 0.2) is 82.2 Å². The SMILES string of the molecule is O=C(CCc1ccc(S(=O)(=O)NCc2ccccc2)cc1)Nc1ccc(Br)cc1F. The Morgan fingerprint density at radius 2 is 1.63 bits per heavy atom. The molecule has 1 amide bonds. The number of nitrogens with one attached hydrogen (secondary N) is 2. The van der Waals surface area contributed by atoms with Crippen LogP contribution in [-0.2, 0) is 27.8 Å². The minimum Gasteiger partial charge on any atom is -0.324 e. The lowest BCUT2D eigenvalue weighted by molar-refractivity contribution is -0.116. The lowest BCUT2D eigenvalue weighted by Crippen LogP contribution is -2.23. The standard InChI is InChI=1S/C22H20BrFN2O3S/c23-18-9-12-21(20(24)14-18)26-22(27)13-8-16-6-10-19(11-7-16)30(28,29)25-15-17-4-2-1-3-5-17/h1-7,9-12,14,25H,8,13,15H2,(H,26,27). The van der Waals surface area contributed by atoms with Crippen molar-refractivity contribution in [3.05, 3.63) is 94.2 Å². The lowest BCUT2D eigenvalue weighted by Gasteiger charge is -2.09. The van der Waals surface area contributed by atoms with E-state index in [0.717, 1.165) is 11.1 Å². The summed E-state index contributed by atoms with van der Waals surface area (Å²) in [5, 5.41) is 2.53. The molecule has 0 saturated carbocycles. The van der Waals surface area contributed by atoms with Crippen LogP contribution in [0.25, 0.3) is 0 Å². The van der Waals surface area contributed by atoms with E-state index >= 15 is 0 Å². The number of anilines is 1. The lowest BCUT2D eigenvalue weighted by atomic mass is 10.1. The van der Waals surface area contributed by atoms with Crippen molar-refractivity contribution in [3.8, 4) is 0 Å². The van der Waals surface area contributed by atoms with Crippen LogP contribution in [0, 0.1) is 5.82 Å². The van der Waals surface area contributed by atoms with Crippen LogP contribution in [0.1, 0.15) is 17.5 Å². The maximum absolute atomic E-state index is 13.8. The van der Waals surface area contributed by atoms with Gasteiger partial charge >= 0.3 is 0 Å². The third-order valence-electron chi connectivity index (χ3n) is 4.39. The number of halogens is 2. The third-order valence-corrected chi connectivity index (χ3v) is 6.30. The zero-order valence-electron chi connectivity index (χ0n) is 15.9. The number of rotatable bonds is 8. The smallest absolute Gasteiger partial charge is 0.240 e. The molecule has 0 aliphatic carbocycles. The van der Waals surface area contributed by atoms with Gasteiger partial charge in [0.25, 0.3) is 0 Å². The van der Waals surface area contributed by atoms with Crippen molar-refractivity contribution in [2.24, 2.45) is 0 Å². The molecule has 3 aromatic rings. The maximum Gasteiger partial charge on any atom is 0.240 e. The van der Waals surface area contributed by atoms with E-state index in [0.29, 0.717) is 10.9 Å². The average molecular weight is 491 g/mol. The van der Waals surface area contributed by atoms with Gasteiger partial charge < -0.3 is 5.32 Å². The van der Waals surface area contributed by atoms with Gasteiger partial charge in [-0.3, -0.25) is 4.79 Å². The molecule has 0 aliphatic rings. The summed E-state index contributed by atoms with van der Waals surface area (Å²) >= 11 is 3.17. The molecule has 0 aromatic heterocycles. The average Bonchev–Trinajstić information content (AvgIpc) is 2.74. The van der Waals surface area contributed by atoms with Gasteiger partial charge in [-0.25, -0.2) is 17.5 Å². The summed E-state index contributed by atoms with van der Waals surface area (Å²) in [5.41, 5.74) is 1.79. The summed E-state index contributed by atoms with van der Waals surface area (Å²) in [6, 6.07) is 20.0. The first kappa shape index (κ1) is 22.1. The molecular weight excluding hydrogens is 471 g/mol. The van der Waals surface area contributed by atoms with Crippen LogP contribution in [0.3, 0.4) is 0 Å².